The first kappa shape index (κ1) is 17.0. The molecule has 0 aliphatic rings. The lowest BCUT2D eigenvalue weighted by molar-refractivity contribution is 0.812. The zero-order valence-corrected chi connectivity index (χ0v) is 15.2. The van der Waals surface area contributed by atoms with Crippen LogP contribution in [0.3, 0.4) is 0 Å². The van der Waals surface area contributed by atoms with Gasteiger partial charge in [0.05, 0.1) is 11.0 Å². The van der Waals surface area contributed by atoms with E-state index in [-0.39, 0.29) is 0 Å². The average molecular weight is 335 g/mol. The predicted octanol–water partition coefficient (Wildman–Crippen LogP) is 3.93. The van der Waals surface area contributed by atoms with Crippen LogP contribution in [0.5, 0.6) is 0 Å². The second-order valence-electron chi connectivity index (χ2n) is 6.69. The molecular formula is C20H25N5. The summed E-state index contributed by atoms with van der Waals surface area (Å²) in [5.41, 5.74) is 11.6. The molecule has 0 saturated carbocycles. The van der Waals surface area contributed by atoms with E-state index in [0.717, 1.165) is 22.5 Å². The number of rotatable bonds is 4. The second-order valence-corrected chi connectivity index (χ2v) is 6.69. The Morgan fingerprint density at radius 3 is 2.80 bits per heavy atom. The lowest BCUT2D eigenvalue weighted by Crippen LogP contribution is -2.23. The van der Waals surface area contributed by atoms with E-state index >= 15 is 0 Å². The van der Waals surface area contributed by atoms with Gasteiger partial charge in [0.15, 0.2) is 5.96 Å². The van der Waals surface area contributed by atoms with Crippen LogP contribution in [0.1, 0.15) is 36.7 Å². The minimum absolute atomic E-state index is 0.393. The van der Waals surface area contributed by atoms with Crippen LogP contribution in [0.25, 0.3) is 11.0 Å². The van der Waals surface area contributed by atoms with E-state index in [4.69, 9.17) is 5.73 Å². The molecule has 1 heterocycles. The molecular weight excluding hydrogens is 310 g/mol. The molecule has 0 aliphatic heterocycles. The summed E-state index contributed by atoms with van der Waals surface area (Å²) in [7, 11) is 2.01. The number of imidazole rings is 1. The summed E-state index contributed by atoms with van der Waals surface area (Å²) >= 11 is 0. The van der Waals surface area contributed by atoms with Crippen molar-refractivity contribution in [3.8, 4) is 0 Å². The van der Waals surface area contributed by atoms with Crippen molar-refractivity contribution in [2.75, 3.05) is 5.32 Å². The average Bonchev–Trinajstić information content (AvgIpc) is 2.88. The van der Waals surface area contributed by atoms with E-state index < -0.39 is 0 Å². The molecule has 0 atom stereocenters. The first-order valence-electron chi connectivity index (χ1n) is 8.53. The molecule has 25 heavy (non-hydrogen) atoms. The van der Waals surface area contributed by atoms with Gasteiger partial charge in [-0.1, -0.05) is 32.0 Å². The predicted molar refractivity (Wildman–Crippen MR) is 105 cm³/mol. The van der Waals surface area contributed by atoms with Gasteiger partial charge >= 0.3 is 0 Å². The third-order valence-corrected chi connectivity index (χ3v) is 4.35. The molecule has 0 amide bonds. The van der Waals surface area contributed by atoms with Gasteiger partial charge < -0.3 is 15.6 Å². The molecule has 5 heteroatoms. The Hall–Kier alpha value is -2.82. The van der Waals surface area contributed by atoms with E-state index in [0.29, 0.717) is 18.4 Å². The van der Waals surface area contributed by atoms with E-state index in [1.807, 2.05) is 19.2 Å². The Kier molecular flexibility index (Phi) is 4.74. The molecule has 0 saturated heterocycles. The van der Waals surface area contributed by atoms with Gasteiger partial charge in [0.2, 0.25) is 0 Å². The lowest BCUT2D eigenvalue weighted by atomic mass is 10.0. The van der Waals surface area contributed by atoms with Crippen molar-refractivity contribution in [1.82, 2.24) is 9.55 Å². The Labute approximate surface area is 148 Å². The molecule has 130 valence electrons. The maximum atomic E-state index is 6.05. The van der Waals surface area contributed by atoms with Gasteiger partial charge in [-0.2, -0.15) is 0 Å². The van der Waals surface area contributed by atoms with Crippen molar-refractivity contribution in [1.29, 1.82) is 0 Å². The molecule has 0 bridgehead atoms. The molecule has 3 aromatic rings. The second kappa shape index (κ2) is 6.97. The summed E-state index contributed by atoms with van der Waals surface area (Å²) in [6, 6.07) is 14.5. The minimum atomic E-state index is 0.393. The van der Waals surface area contributed by atoms with Crippen molar-refractivity contribution in [3.63, 3.8) is 0 Å². The fourth-order valence-corrected chi connectivity index (χ4v) is 2.82. The maximum Gasteiger partial charge on any atom is 0.193 e. The monoisotopic (exact) mass is 335 g/mol. The Morgan fingerprint density at radius 1 is 1.24 bits per heavy atom. The molecule has 0 spiro atoms. The van der Waals surface area contributed by atoms with Crippen molar-refractivity contribution < 1.29 is 0 Å². The third-order valence-electron chi connectivity index (χ3n) is 4.35. The number of aliphatic imine (C=N–C) groups is 1. The molecule has 2 aromatic carbocycles. The number of guanidine groups is 1. The number of fused-ring (bicyclic) bond motifs is 1. The minimum Gasteiger partial charge on any atom is -0.370 e. The van der Waals surface area contributed by atoms with Gasteiger partial charge in [-0.3, -0.25) is 0 Å². The van der Waals surface area contributed by atoms with E-state index in [2.05, 4.69) is 71.0 Å². The summed E-state index contributed by atoms with van der Waals surface area (Å²) in [6.07, 6.45) is 0. The van der Waals surface area contributed by atoms with Gasteiger partial charge in [-0.05, 0) is 48.2 Å². The molecule has 3 N–H and O–H groups in total. The topological polar surface area (TPSA) is 68.2 Å². The zero-order valence-electron chi connectivity index (χ0n) is 15.2. The van der Waals surface area contributed by atoms with Gasteiger partial charge in [-0.25, -0.2) is 9.98 Å². The molecule has 0 aliphatic carbocycles. The van der Waals surface area contributed by atoms with Gasteiger partial charge in [0, 0.05) is 12.7 Å². The van der Waals surface area contributed by atoms with Crippen LogP contribution in [0.15, 0.2) is 47.5 Å². The summed E-state index contributed by atoms with van der Waals surface area (Å²) in [6.45, 7) is 6.85. The fraction of sp³-hybridized carbons (Fsp3) is 0.300. The van der Waals surface area contributed by atoms with Crippen molar-refractivity contribution >= 4 is 22.7 Å². The number of benzene rings is 2. The number of anilines is 1. The van der Waals surface area contributed by atoms with Crippen LogP contribution in [-0.2, 0) is 13.6 Å². The van der Waals surface area contributed by atoms with Crippen LogP contribution in [-0.4, -0.2) is 15.5 Å². The van der Waals surface area contributed by atoms with Gasteiger partial charge in [-0.15, -0.1) is 0 Å². The molecule has 0 radical (unpaired) electrons. The highest BCUT2D eigenvalue weighted by molar-refractivity contribution is 5.92. The summed E-state index contributed by atoms with van der Waals surface area (Å²) in [4.78, 5) is 9.10. The Bertz CT molecular complexity index is 921. The quantitative estimate of drug-likeness (QED) is 0.561. The molecule has 0 unspecified atom stereocenters. The number of hydrogen-bond acceptors (Lipinski definition) is 2. The zero-order chi connectivity index (χ0) is 18.0. The molecule has 5 nitrogen and oxygen atoms in total. The highest BCUT2D eigenvalue weighted by atomic mass is 15.1. The van der Waals surface area contributed by atoms with Crippen LogP contribution < -0.4 is 11.1 Å². The standard InChI is InChI=1S/C20H25N5/c1-13(2)15-6-5-7-16(11-15)23-20(21)22-12-19-24-17-10-14(3)8-9-18(17)25(19)4/h5-11,13H,12H2,1-4H3,(H3,21,22,23). The van der Waals surface area contributed by atoms with E-state index in [9.17, 15) is 0 Å². The van der Waals surface area contributed by atoms with Gasteiger partial charge in [0.1, 0.15) is 12.4 Å². The number of aromatic nitrogens is 2. The number of aryl methyl sites for hydroxylation is 2. The number of nitrogens with zero attached hydrogens (tertiary/aromatic N) is 3. The highest BCUT2D eigenvalue weighted by Gasteiger charge is 2.07. The number of nitrogens with one attached hydrogen (secondary N) is 1. The van der Waals surface area contributed by atoms with Crippen LogP contribution in [0, 0.1) is 6.92 Å². The SMILES string of the molecule is Cc1ccc2c(c1)nc(CN=C(N)Nc1cccc(C(C)C)c1)n2C. The first-order chi connectivity index (χ1) is 11.9. The van der Waals surface area contributed by atoms with Crippen LogP contribution >= 0.6 is 0 Å². The summed E-state index contributed by atoms with van der Waals surface area (Å²) < 4.78 is 2.06. The summed E-state index contributed by atoms with van der Waals surface area (Å²) in [5, 5.41) is 3.16. The highest BCUT2D eigenvalue weighted by Crippen LogP contribution is 2.19. The fourth-order valence-electron chi connectivity index (χ4n) is 2.82. The van der Waals surface area contributed by atoms with Crippen LogP contribution in [0.4, 0.5) is 5.69 Å². The van der Waals surface area contributed by atoms with E-state index in [1.54, 1.807) is 0 Å². The molecule has 3 rings (SSSR count). The number of nitrogens with two attached hydrogens (primary N) is 1. The lowest BCUT2D eigenvalue weighted by Gasteiger charge is -2.10. The molecule has 0 fully saturated rings. The smallest absolute Gasteiger partial charge is 0.193 e. The molecule has 1 aromatic heterocycles. The Morgan fingerprint density at radius 2 is 2.04 bits per heavy atom. The third kappa shape index (κ3) is 3.82. The van der Waals surface area contributed by atoms with Crippen molar-refractivity contribution in [3.05, 3.63) is 59.4 Å². The van der Waals surface area contributed by atoms with Crippen molar-refractivity contribution in [2.45, 2.75) is 33.2 Å². The van der Waals surface area contributed by atoms with Crippen LogP contribution in [0.2, 0.25) is 0 Å². The number of hydrogen-bond donors (Lipinski definition) is 2. The van der Waals surface area contributed by atoms with Crippen molar-refractivity contribution in [2.24, 2.45) is 17.8 Å². The Balaban J connectivity index is 1.75. The largest absolute Gasteiger partial charge is 0.370 e. The summed E-state index contributed by atoms with van der Waals surface area (Å²) in [5.74, 6) is 1.76. The first-order valence-corrected chi connectivity index (χ1v) is 8.53. The van der Waals surface area contributed by atoms with Gasteiger partial charge in [0.25, 0.3) is 0 Å². The normalized spacial score (nSPS) is 12.1. The van der Waals surface area contributed by atoms with E-state index in [1.165, 1.54) is 11.1 Å². The maximum absolute atomic E-state index is 6.05.